The van der Waals surface area contributed by atoms with Gasteiger partial charge in [-0.05, 0) is 6.92 Å². The summed E-state index contributed by atoms with van der Waals surface area (Å²) in [5, 5.41) is 8.35. The molecule has 13 heavy (non-hydrogen) atoms. The topological polar surface area (TPSA) is 57.6 Å². The van der Waals surface area contributed by atoms with Gasteiger partial charge in [0.2, 0.25) is 5.91 Å². The van der Waals surface area contributed by atoms with Crippen molar-refractivity contribution >= 4 is 36.3 Å². The van der Waals surface area contributed by atoms with Crippen LogP contribution in [0.1, 0.15) is 6.92 Å². The smallest absolute Gasteiger partial charge is 0.327 e. The Hall–Kier alpha value is -0.360. The molecule has 0 saturated carbocycles. The van der Waals surface area contributed by atoms with Crippen LogP contribution in [0.4, 0.5) is 0 Å². The van der Waals surface area contributed by atoms with Crippen molar-refractivity contribution < 1.29 is 14.7 Å². The molecule has 1 fully saturated rings. The molecule has 4 nitrogen and oxygen atoms in total. The number of hydrogen-bond donors (Lipinski definition) is 2. The van der Waals surface area contributed by atoms with Gasteiger partial charge in [0.05, 0.1) is 11.1 Å². The lowest BCUT2D eigenvalue weighted by atomic mass is 10.3. The van der Waals surface area contributed by atoms with Crippen LogP contribution in [0.3, 0.4) is 0 Å². The fraction of sp³-hybridized carbons (Fsp3) is 0.714. The zero-order valence-electron chi connectivity index (χ0n) is 7.14. The van der Waals surface area contributed by atoms with Crippen molar-refractivity contribution in [2.45, 2.75) is 18.2 Å². The molecule has 1 aliphatic heterocycles. The van der Waals surface area contributed by atoms with Crippen LogP contribution >= 0.6 is 24.4 Å². The van der Waals surface area contributed by atoms with Crippen LogP contribution in [0, 0.1) is 0 Å². The number of carbonyl (C=O) groups excluding carboxylic acids is 1. The molecule has 0 aromatic rings. The molecular formula is C7H11NO3S2. The fourth-order valence-corrected chi connectivity index (χ4v) is 2.41. The lowest BCUT2D eigenvalue weighted by Gasteiger charge is -2.21. The van der Waals surface area contributed by atoms with E-state index in [0.29, 0.717) is 11.6 Å². The van der Waals surface area contributed by atoms with Gasteiger partial charge in [0.15, 0.2) is 0 Å². The lowest BCUT2D eigenvalue weighted by Crippen LogP contribution is -2.44. The third-order valence-electron chi connectivity index (χ3n) is 1.81. The summed E-state index contributed by atoms with van der Waals surface area (Å²) in [6.45, 7) is 1.65. The van der Waals surface area contributed by atoms with Crippen molar-refractivity contribution in [3.8, 4) is 0 Å². The molecule has 0 spiro atoms. The summed E-state index contributed by atoms with van der Waals surface area (Å²) in [5.41, 5.74) is 0. The second-order valence-corrected chi connectivity index (χ2v) is 4.61. The van der Waals surface area contributed by atoms with Crippen molar-refractivity contribution in [3.05, 3.63) is 0 Å². The molecule has 1 saturated heterocycles. The Labute approximate surface area is 86.1 Å². The first-order valence-corrected chi connectivity index (χ1v) is 5.50. The van der Waals surface area contributed by atoms with Gasteiger partial charge in [-0.1, -0.05) is 0 Å². The minimum absolute atomic E-state index is 0.208. The highest BCUT2D eigenvalue weighted by Crippen LogP contribution is 2.22. The quantitative estimate of drug-likeness (QED) is 0.658. The SMILES string of the molecule is CC(S)C(=O)N1CSCC1C(=O)O. The van der Waals surface area contributed by atoms with Crippen molar-refractivity contribution in [2.75, 3.05) is 11.6 Å². The largest absolute Gasteiger partial charge is 0.480 e. The Morgan fingerprint density at radius 3 is 2.77 bits per heavy atom. The van der Waals surface area contributed by atoms with E-state index in [2.05, 4.69) is 12.6 Å². The number of nitrogens with zero attached hydrogens (tertiary/aromatic N) is 1. The molecule has 2 unspecified atom stereocenters. The number of thiol groups is 1. The van der Waals surface area contributed by atoms with Gasteiger partial charge in [0.1, 0.15) is 6.04 Å². The molecule has 0 aromatic carbocycles. The van der Waals surface area contributed by atoms with E-state index in [9.17, 15) is 9.59 Å². The summed E-state index contributed by atoms with van der Waals surface area (Å²) in [6.07, 6.45) is 0. The number of amides is 1. The fourth-order valence-electron chi connectivity index (χ4n) is 1.10. The predicted molar refractivity (Wildman–Crippen MR) is 54.0 cm³/mol. The summed E-state index contributed by atoms with van der Waals surface area (Å²) in [6, 6.07) is -0.674. The summed E-state index contributed by atoms with van der Waals surface area (Å²) in [7, 11) is 0. The van der Waals surface area contributed by atoms with Gasteiger partial charge in [0, 0.05) is 5.75 Å². The first-order chi connectivity index (χ1) is 6.04. The Kier molecular flexibility index (Phi) is 3.49. The molecule has 2 atom stereocenters. The van der Waals surface area contributed by atoms with Crippen LogP contribution in [-0.4, -0.2) is 44.8 Å². The van der Waals surface area contributed by atoms with E-state index in [4.69, 9.17) is 5.11 Å². The summed E-state index contributed by atoms with van der Waals surface area (Å²) < 4.78 is 0. The van der Waals surface area contributed by atoms with Crippen LogP contribution in [0.5, 0.6) is 0 Å². The maximum atomic E-state index is 11.4. The summed E-state index contributed by atoms with van der Waals surface area (Å²) >= 11 is 5.44. The van der Waals surface area contributed by atoms with Crippen molar-refractivity contribution in [2.24, 2.45) is 0 Å². The zero-order valence-corrected chi connectivity index (χ0v) is 8.85. The molecule has 1 aliphatic rings. The van der Waals surface area contributed by atoms with Crippen molar-refractivity contribution in [1.82, 2.24) is 4.90 Å². The minimum Gasteiger partial charge on any atom is -0.480 e. The Balaban J connectivity index is 2.68. The first kappa shape index (κ1) is 10.7. The van der Waals surface area contributed by atoms with Gasteiger partial charge >= 0.3 is 5.97 Å². The molecular weight excluding hydrogens is 210 g/mol. The average Bonchev–Trinajstić information content (AvgIpc) is 2.50. The van der Waals surface area contributed by atoms with Crippen molar-refractivity contribution in [3.63, 3.8) is 0 Å². The standard InChI is InChI=1S/C7H11NO3S2/c1-4(12)6(9)8-3-13-2-5(8)7(10)11/h4-5,12H,2-3H2,1H3,(H,10,11). The monoisotopic (exact) mass is 221 g/mol. The molecule has 74 valence electrons. The number of carboxylic acids is 1. The first-order valence-electron chi connectivity index (χ1n) is 3.83. The van der Waals surface area contributed by atoms with E-state index in [1.54, 1.807) is 6.92 Å². The Bertz CT molecular complexity index is 232. The van der Waals surface area contributed by atoms with E-state index >= 15 is 0 Å². The van der Waals surface area contributed by atoms with Crippen LogP contribution in [0.2, 0.25) is 0 Å². The van der Waals surface area contributed by atoms with Crippen LogP contribution in [0.15, 0.2) is 0 Å². The maximum Gasteiger partial charge on any atom is 0.327 e. The Morgan fingerprint density at radius 2 is 2.31 bits per heavy atom. The highest BCUT2D eigenvalue weighted by Gasteiger charge is 2.35. The Morgan fingerprint density at radius 1 is 1.69 bits per heavy atom. The van der Waals surface area contributed by atoms with Crippen molar-refractivity contribution in [1.29, 1.82) is 0 Å². The third kappa shape index (κ3) is 2.31. The summed E-state index contributed by atoms with van der Waals surface area (Å²) in [4.78, 5) is 23.5. The average molecular weight is 221 g/mol. The van der Waals surface area contributed by atoms with E-state index in [-0.39, 0.29) is 5.91 Å². The second-order valence-electron chi connectivity index (χ2n) is 2.84. The van der Waals surface area contributed by atoms with Gasteiger partial charge in [-0.15, -0.1) is 11.8 Å². The van der Waals surface area contributed by atoms with E-state index in [0.717, 1.165) is 0 Å². The number of aliphatic carboxylic acids is 1. The molecule has 0 aliphatic carbocycles. The zero-order chi connectivity index (χ0) is 10.0. The molecule has 0 aromatic heterocycles. The maximum absolute atomic E-state index is 11.4. The molecule has 0 bridgehead atoms. The second kappa shape index (κ2) is 4.23. The molecule has 1 amide bonds. The number of rotatable bonds is 2. The number of thioether (sulfide) groups is 1. The van der Waals surface area contributed by atoms with E-state index < -0.39 is 17.3 Å². The molecule has 1 rings (SSSR count). The van der Waals surface area contributed by atoms with E-state index in [1.165, 1.54) is 16.7 Å². The van der Waals surface area contributed by atoms with Crippen LogP contribution in [0.25, 0.3) is 0 Å². The number of carboxylic acid groups (broad SMARTS) is 1. The summed E-state index contributed by atoms with van der Waals surface area (Å²) in [5.74, 6) is -0.212. The molecule has 0 radical (unpaired) electrons. The normalized spacial score (nSPS) is 24.5. The molecule has 6 heteroatoms. The lowest BCUT2D eigenvalue weighted by molar-refractivity contribution is -0.147. The van der Waals surface area contributed by atoms with Gasteiger partial charge in [-0.3, -0.25) is 4.79 Å². The predicted octanol–water partition coefficient (Wildman–Crippen LogP) is 0.291. The minimum atomic E-state index is -0.938. The van der Waals surface area contributed by atoms with Gasteiger partial charge in [0.25, 0.3) is 0 Å². The van der Waals surface area contributed by atoms with Gasteiger partial charge in [-0.25, -0.2) is 4.79 Å². The van der Waals surface area contributed by atoms with Crippen LogP contribution in [-0.2, 0) is 9.59 Å². The number of carbonyl (C=O) groups is 2. The molecule has 1 heterocycles. The van der Waals surface area contributed by atoms with Gasteiger partial charge < -0.3 is 10.0 Å². The van der Waals surface area contributed by atoms with E-state index in [1.807, 2.05) is 0 Å². The van der Waals surface area contributed by atoms with Crippen LogP contribution < -0.4 is 0 Å². The molecule has 1 N–H and O–H groups in total. The van der Waals surface area contributed by atoms with Gasteiger partial charge in [-0.2, -0.15) is 12.6 Å². The highest BCUT2D eigenvalue weighted by atomic mass is 32.2. The third-order valence-corrected chi connectivity index (χ3v) is 3.04. The number of hydrogen-bond acceptors (Lipinski definition) is 4. The highest BCUT2D eigenvalue weighted by molar-refractivity contribution is 7.99.